The molecule has 0 spiro atoms. The molecule has 0 unspecified atom stereocenters. The molecule has 0 aromatic carbocycles. The van der Waals surface area contributed by atoms with E-state index in [4.69, 9.17) is 0 Å². The van der Waals surface area contributed by atoms with E-state index in [2.05, 4.69) is 19.9 Å². The Morgan fingerprint density at radius 2 is 2.25 bits per heavy atom. The zero-order valence-electron chi connectivity index (χ0n) is 9.64. The van der Waals surface area contributed by atoms with Gasteiger partial charge in [-0.25, -0.2) is 4.98 Å². The van der Waals surface area contributed by atoms with Crippen molar-refractivity contribution in [3.63, 3.8) is 0 Å². The second-order valence-electron chi connectivity index (χ2n) is 3.77. The summed E-state index contributed by atoms with van der Waals surface area (Å²) in [5.74, 6) is 1.03. The van der Waals surface area contributed by atoms with E-state index in [1.165, 1.54) is 0 Å². The molecule has 4 nitrogen and oxygen atoms in total. The van der Waals surface area contributed by atoms with E-state index >= 15 is 0 Å². The molecule has 16 heavy (non-hydrogen) atoms. The lowest BCUT2D eigenvalue weighted by Gasteiger charge is -2.07. The molecule has 2 aromatic heterocycles. The van der Waals surface area contributed by atoms with Crippen LogP contribution in [0.15, 0.2) is 30.6 Å². The number of rotatable bonds is 4. The molecule has 0 amide bonds. The third-order valence-corrected chi connectivity index (χ3v) is 2.41. The van der Waals surface area contributed by atoms with Crippen LogP contribution in [-0.2, 0) is 13.1 Å². The van der Waals surface area contributed by atoms with Crippen LogP contribution in [0.1, 0.15) is 17.2 Å². The highest BCUT2D eigenvalue weighted by molar-refractivity contribution is 5.11. The summed E-state index contributed by atoms with van der Waals surface area (Å²) in [6.07, 6.45) is 3.80. The predicted octanol–water partition coefficient (Wildman–Crippen LogP) is 1.35. The molecule has 1 N–H and O–H groups in total. The molecule has 0 aliphatic carbocycles. The summed E-state index contributed by atoms with van der Waals surface area (Å²) < 4.78 is 2.11. The fourth-order valence-electron chi connectivity index (χ4n) is 1.67. The standard InChI is InChI=1S/C12H16N4/c1-10-4-3-5-11(15-10)9-16-7-6-14-12(16)8-13-2/h3-7,13H,8-9H2,1-2H3. The second kappa shape index (κ2) is 4.90. The van der Waals surface area contributed by atoms with E-state index in [1.807, 2.05) is 44.6 Å². The smallest absolute Gasteiger partial charge is 0.123 e. The van der Waals surface area contributed by atoms with E-state index in [0.717, 1.165) is 30.3 Å². The largest absolute Gasteiger partial charge is 0.328 e. The second-order valence-corrected chi connectivity index (χ2v) is 3.77. The lowest BCUT2D eigenvalue weighted by molar-refractivity contribution is 0.664. The fraction of sp³-hybridized carbons (Fsp3) is 0.333. The summed E-state index contributed by atoms with van der Waals surface area (Å²) in [5.41, 5.74) is 2.11. The van der Waals surface area contributed by atoms with Gasteiger partial charge in [-0.1, -0.05) is 6.07 Å². The topological polar surface area (TPSA) is 42.7 Å². The van der Waals surface area contributed by atoms with Gasteiger partial charge in [0.25, 0.3) is 0 Å². The van der Waals surface area contributed by atoms with Gasteiger partial charge in [0, 0.05) is 18.1 Å². The number of hydrogen-bond donors (Lipinski definition) is 1. The van der Waals surface area contributed by atoms with Crippen molar-refractivity contribution in [3.8, 4) is 0 Å². The normalized spacial score (nSPS) is 10.6. The first-order chi connectivity index (χ1) is 7.79. The first kappa shape index (κ1) is 10.8. The van der Waals surface area contributed by atoms with E-state index in [0.29, 0.717) is 0 Å². The molecular weight excluding hydrogens is 200 g/mol. The quantitative estimate of drug-likeness (QED) is 0.839. The molecule has 84 valence electrons. The Morgan fingerprint density at radius 1 is 1.38 bits per heavy atom. The van der Waals surface area contributed by atoms with Crippen molar-refractivity contribution in [1.82, 2.24) is 19.9 Å². The molecule has 2 aromatic rings. The van der Waals surface area contributed by atoms with E-state index in [9.17, 15) is 0 Å². The van der Waals surface area contributed by atoms with Gasteiger partial charge in [0.1, 0.15) is 5.82 Å². The third-order valence-electron chi connectivity index (χ3n) is 2.41. The Bertz CT molecular complexity index is 462. The molecule has 0 atom stereocenters. The molecule has 4 heteroatoms. The summed E-state index contributed by atoms with van der Waals surface area (Å²) >= 11 is 0. The van der Waals surface area contributed by atoms with Gasteiger partial charge in [-0.15, -0.1) is 0 Å². The Morgan fingerprint density at radius 3 is 3.00 bits per heavy atom. The van der Waals surface area contributed by atoms with Crippen molar-refractivity contribution in [2.45, 2.75) is 20.0 Å². The van der Waals surface area contributed by atoms with Crippen LogP contribution in [0.2, 0.25) is 0 Å². The van der Waals surface area contributed by atoms with Crippen LogP contribution in [0.5, 0.6) is 0 Å². The predicted molar refractivity (Wildman–Crippen MR) is 63.1 cm³/mol. The molecule has 0 aliphatic heterocycles. The van der Waals surface area contributed by atoms with Crippen molar-refractivity contribution in [2.75, 3.05) is 7.05 Å². The van der Waals surface area contributed by atoms with Crippen molar-refractivity contribution in [2.24, 2.45) is 0 Å². The van der Waals surface area contributed by atoms with E-state index in [1.54, 1.807) is 0 Å². The Hall–Kier alpha value is -1.68. The zero-order chi connectivity index (χ0) is 11.4. The number of hydrogen-bond acceptors (Lipinski definition) is 3. The Labute approximate surface area is 95.4 Å². The number of imidazole rings is 1. The lowest BCUT2D eigenvalue weighted by atomic mass is 10.3. The van der Waals surface area contributed by atoms with Gasteiger partial charge in [-0.05, 0) is 26.1 Å². The molecule has 0 radical (unpaired) electrons. The van der Waals surface area contributed by atoms with E-state index < -0.39 is 0 Å². The lowest BCUT2D eigenvalue weighted by Crippen LogP contribution is -2.13. The van der Waals surface area contributed by atoms with Crippen LogP contribution in [0.25, 0.3) is 0 Å². The van der Waals surface area contributed by atoms with Gasteiger partial charge in [-0.3, -0.25) is 4.98 Å². The van der Waals surface area contributed by atoms with Gasteiger partial charge in [0.15, 0.2) is 0 Å². The number of nitrogens with one attached hydrogen (secondary N) is 1. The minimum Gasteiger partial charge on any atom is -0.328 e. The van der Waals surface area contributed by atoms with Crippen molar-refractivity contribution in [1.29, 1.82) is 0 Å². The molecular formula is C12H16N4. The SMILES string of the molecule is CNCc1nccn1Cc1cccc(C)n1. The van der Waals surface area contributed by atoms with Gasteiger partial charge in [0.2, 0.25) is 0 Å². The van der Waals surface area contributed by atoms with Crippen molar-refractivity contribution < 1.29 is 0 Å². The molecule has 0 saturated carbocycles. The highest BCUT2D eigenvalue weighted by atomic mass is 15.1. The zero-order valence-corrected chi connectivity index (χ0v) is 9.64. The highest BCUT2D eigenvalue weighted by Crippen LogP contribution is 2.04. The Kier molecular flexibility index (Phi) is 3.31. The summed E-state index contributed by atoms with van der Waals surface area (Å²) in [5, 5.41) is 3.10. The number of nitrogens with zero attached hydrogens (tertiary/aromatic N) is 3. The minimum absolute atomic E-state index is 0.776. The monoisotopic (exact) mass is 216 g/mol. The molecule has 2 heterocycles. The number of aromatic nitrogens is 3. The maximum absolute atomic E-state index is 4.48. The van der Waals surface area contributed by atoms with E-state index in [-0.39, 0.29) is 0 Å². The fourth-order valence-corrected chi connectivity index (χ4v) is 1.67. The maximum Gasteiger partial charge on any atom is 0.123 e. The van der Waals surface area contributed by atoms with Crippen LogP contribution in [0.3, 0.4) is 0 Å². The average Bonchev–Trinajstić information content (AvgIpc) is 2.66. The summed E-state index contributed by atoms with van der Waals surface area (Å²) in [7, 11) is 1.92. The molecule has 0 bridgehead atoms. The summed E-state index contributed by atoms with van der Waals surface area (Å²) in [6.45, 7) is 3.56. The minimum atomic E-state index is 0.776. The van der Waals surface area contributed by atoms with Crippen molar-refractivity contribution >= 4 is 0 Å². The molecule has 2 rings (SSSR count). The molecule has 0 aliphatic rings. The maximum atomic E-state index is 4.48. The molecule has 0 fully saturated rings. The van der Waals surface area contributed by atoms with Crippen LogP contribution >= 0.6 is 0 Å². The Balaban J connectivity index is 2.17. The summed E-state index contributed by atoms with van der Waals surface area (Å²) in [6, 6.07) is 6.08. The first-order valence-electron chi connectivity index (χ1n) is 5.37. The van der Waals surface area contributed by atoms with Crippen molar-refractivity contribution in [3.05, 3.63) is 47.8 Å². The third kappa shape index (κ3) is 2.46. The average molecular weight is 216 g/mol. The number of pyridine rings is 1. The van der Waals surface area contributed by atoms with Gasteiger partial charge >= 0.3 is 0 Å². The van der Waals surface area contributed by atoms with Gasteiger partial charge in [-0.2, -0.15) is 0 Å². The highest BCUT2D eigenvalue weighted by Gasteiger charge is 2.03. The molecule has 0 saturated heterocycles. The first-order valence-corrected chi connectivity index (χ1v) is 5.37. The number of aryl methyl sites for hydroxylation is 1. The van der Waals surface area contributed by atoms with Gasteiger partial charge in [0.05, 0.1) is 18.8 Å². The van der Waals surface area contributed by atoms with Gasteiger partial charge < -0.3 is 9.88 Å². The van der Waals surface area contributed by atoms with Crippen LogP contribution in [0, 0.1) is 6.92 Å². The van der Waals surface area contributed by atoms with Crippen LogP contribution < -0.4 is 5.32 Å². The van der Waals surface area contributed by atoms with Crippen LogP contribution in [-0.4, -0.2) is 21.6 Å². The van der Waals surface area contributed by atoms with Crippen LogP contribution in [0.4, 0.5) is 0 Å². The summed E-state index contributed by atoms with van der Waals surface area (Å²) in [4.78, 5) is 8.78.